The first-order valence-corrected chi connectivity index (χ1v) is 8.63. The number of nitrogens with zero attached hydrogens (tertiary/aromatic N) is 1. The molecule has 2 fully saturated rings. The van der Waals surface area contributed by atoms with Crippen LogP contribution in [-0.4, -0.2) is 46.7 Å². The van der Waals surface area contributed by atoms with Gasteiger partial charge in [-0.1, -0.05) is 36.0 Å². The van der Waals surface area contributed by atoms with Crippen molar-refractivity contribution in [3.8, 4) is 0 Å². The first-order valence-electron chi connectivity index (χ1n) is 8.63. The zero-order valence-corrected chi connectivity index (χ0v) is 13.9. The predicted octanol–water partition coefficient (Wildman–Crippen LogP) is 2.16. The smallest absolute Gasteiger partial charge is 0.310 e. The zero-order valence-electron chi connectivity index (χ0n) is 13.9. The van der Waals surface area contributed by atoms with Crippen LogP contribution < -0.4 is 0 Å². The standard InChI is InChI=1S/C19H23NO4/c1-11(2)13-5-3-12(4-6-13)9-20-10-19-8-7-14(24-19)15(18(22)23)16(19)17(20)21/h3,7-8,13-16H,1,4-6,9-10H2,2H3,(H,22,23)/t13-,14-,15+,16-,19-/m1/s1. The second kappa shape index (κ2) is 5.31. The van der Waals surface area contributed by atoms with Gasteiger partial charge < -0.3 is 14.7 Å². The molecule has 2 bridgehead atoms. The van der Waals surface area contributed by atoms with Crippen LogP contribution in [-0.2, 0) is 14.3 Å². The second-order valence-corrected chi connectivity index (χ2v) is 7.61. The average molecular weight is 329 g/mol. The first-order chi connectivity index (χ1) is 11.4. The van der Waals surface area contributed by atoms with E-state index in [1.165, 1.54) is 11.1 Å². The molecule has 4 aliphatic rings. The molecule has 1 aliphatic carbocycles. The Morgan fingerprint density at radius 2 is 2.33 bits per heavy atom. The van der Waals surface area contributed by atoms with E-state index >= 15 is 0 Å². The van der Waals surface area contributed by atoms with Crippen molar-refractivity contribution in [3.05, 3.63) is 36.0 Å². The Morgan fingerprint density at radius 1 is 1.54 bits per heavy atom. The number of amides is 1. The molecule has 3 aliphatic heterocycles. The van der Waals surface area contributed by atoms with Crippen LogP contribution in [0.1, 0.15) is 26.2 Å². The van der Waals surface area contributed by atoms with Gasteiger partial charge in [-0.15, -0.1) is 0 Å². The summed E-state index contributed by atoms with van der Waals surface area (Å²) < 4.78 is 5.91. The van der Waals surface area contributed by atoms with Crippen LogP contribution in [0, 0.1) is 17.8 Å². The molecule has 128 valence electrons. The van der Waals surface area contributed by atoms with Gasteiger partial charge in [0.05, 0.1) is 18.6 Å². The van der Waals surface area contributed by atoms with Crippen molar-refractivity contribution in [2.45, 2.75) is 37.9 Å². The Balaban J connectivity index is 1.50. The molecule has 0 unspecified atom stereocenters. The number of allylic oxidation sites excluding steroid dienone is 2. The maximum atomic E-state index is 12.8. The molecule has 1 N–H and O–H groups in total. The molecule has 3 heterocycles. The maximum Gasteiger partial charge on any atom is 0.310 e. The van der Waals surface area contributed by atoms with Crippen LogP contribution in [0.25, 0.3) is 0 Å². The molecule has 2 saturated heterocycles. The van der Waals surface area contributed by atoms with Gasteiger partial charge in [-0.25, -0.2) is 0 Å². The van der Waals surface area contributed by atoms with Gasteiger partial charge in [-0.3, -0.25) is 9.59 Å². The number of fused-ring (bicyclic) bond motifs is 1. The summed E-state index contributed by atoms with van der Waals surface area (Å²) >= 11 is 0. The van der Waals surface area contributed by atoms with E-state index in [-0.39, 0.29) is 5.91 Å². The molecule has 5 nitrogen and oxygen atoms in total. The molecule has 0 aromatic carbocycles. The summed E-state index contributed by atoms with van der Waals surface area (Å²) in [6, 6.07) is 0. The van der Waals surface area contributed by atoms with Gasteiger partial charge in [0.1, 0.15) is 11.5 Å². The highest BCUT2D eigenvalue weighted by Gasteiger charge is 2.67. The minimum Gasteiger partial charge on any atom is -0.481 e. The molecule has 0 aromatic heterocycles. The van der Waals surface area contributed by atoms with Gasteiger partial charge in [0, 0.05) is 6.54 Å². The molecule has 1 spiro atoms. The van der Waals surface area contributed by atoms with Crippen LogP contribution in [0.5, 0.6) is 0 Å². The van der Waals surface area contributed by atoms with Gasteiger partial charge in [0.15, 0.2) is 0 Å². The molecule has 0 saturated carbocycles. The lowest BCUT2D eigenvalue weighted by atomic mass is 9.77. The highest BCUT2D eigenvalue weighted by Crippen LogP contribution is 2.52. The fourth-order valence-corrected chi connectivity index (χ4v) is 4.72. The number of carbonyl (C=O) groups is 2. The summed E-state index contributed by atoms with van der Waals surface area (Å²) in [7, 11) is 0. The number of hydrogen-bond acceptors (Lipinski definition) is 3. The Kier molecular flexibility index (Phi) is 3.46. The van der Waals surface area contributed by atoms with Crippen LogP contribution in [0.4, 0.5) is 0 Å². The summed E-state index contributed by atoms with van der Waals surface area (Å²) in [5.41, 5.74) is 1.76. The molecular weight excluding hydrogens is 306 g/mol. The Hall–Kier alpha value is -1.88. The molecule has 4 rings (SSSR count). The van der Waals surface area contributed by atoms with Crippen LogP contribution in [0.15, 0.2) is 36.0 Å². The monoisotopic (exact) mass is 329 g/mol. The van der Waals surface area contributed by atoms with E-state index < -0.39 is 29.5 Å². The lowest BCUT2D eigenvalue weighted by Crippen LogP contribution is -2.39. The quantitative estimate of drug-likeness (QED) is 0.803. The minimum absolute atomic E-state index is 0.0721. The number of likely N-dealkylation sites (tertiary alicyclic amines) is 1. The van der Waals surface area contributed by atoms with E-state index in [4.69, 9.17) is 4.74 Å². The molecule has 0 radical (unpaired) electrons. The van der Waals surface area contributed by atoms with Crippen LogP contribution in [0.2, 0.25) is 0 Å². The van der Waals surface area contributed by atoms with Gasteiger partial charge >= 0.3 is 5.97 Å². The van der Waals surface area contributed by atoms with Crippen molar-refractivity contribution >= 4 is 11.9 Å². The Labute approximate surface area is 141 Å². The lowest BCUT2D eigenvalue weighted by molar-refractivity contribution is -0.148. The minimum atomic E-state index is -0.937. The largest absolute Gasteiger partial charge is 0.481 e. The Bertz CT molecular complexity index is 679. The molecule has 24 heavy (non-hydrogen) atoms. The third-order valence-corrected chi connectivity index (χ3v) is 6.06. The SMILES string of the molecule is C=C(C)[C@@H]1CC=C(CN2C[C@@]34C=C[C@@H](O3)[C@H](C(=O)O)[C@@H]4C2=O)CC1. The number of ether oxygens (including phenoxy) is 1. The maximum absolute atomic E-state index is 12.8. The second-order valence-electron chi connectivity index (χ2n) is 7.61. The van der Waals surface area contributed by atoms with E-state index in [0.717, 1.165) is 19.3 Å². The lowest BCUT2D eigenvalue weighted by Gasteiger charge is -2.26. The topological polar surface area (TPSA) is 66.8 Å². The van der Waals surface area contributed by atoms with Crippen molar-refractivity contribution < 1.29 is 19.4 Å². The summed E-state index contributed by atoms with van der Waals surface area (Å²) in [5.74, 6) is -1.79. The highest BCUT2D eigenvalue weighted by atomic mass is 16.5. The third-order valence-electron chi connectivity index (χ3n) is 6.06. The normalized spacial score (nSPS) is 40.0. The van der Waals surface area contributed by atoms with E-state index in [9.17, 15) is 14.7 Å². The predicted molar refractivity (Wildman–Crippen MR) is 88.2 cm³/mol. The molecule has 5 atom stereocenters. The first kappa shape index (κ1) is 15.6. The van der Waals surface area contributed by atoms with Crippen LogP contribution >= 0.6 is 0 Å². The number of carbonyl (C=O) groups excluding carboxylic acids is 1. The van der Waals surface area contributed by atoms with Gasteiger partial charge in [-0.2, -0.15) is 0 Å². The van der Waals surface area contributed by atoms with Crippen molar-refractivity contribution in [1.82, 2.24) is 4.90 Å². The summed E-state index contributed by atoms with van der Waals surface area (Å²) in [6.45, 7) is 7.16. The number of carboxylic acid groups (broad SMARTS) is 1. The number of aliphatic carboxylic acids is 1. The van der Waals surface area contributed by atoms with E-state index in [0.29, 0.717) is 19.0 Å². The van der Waals surface area contributed by atoms with Gasteiger partial charge in [0.25, 0.3) is 0 Å². The van der Waals surface area contributed by atoms with Crippen molar-refractivity contribution in [2.75, 3.05) is 13.1 Å². The average Bonchev–Trinajstić information content (AvgIpc) is 3.16. The summed E-state index contributed by atoms with van der Waals surface area (Å²) in [5, 5.41) is 9.48. The highest BCUT2D eigenvalue weighted by molar-refractivity contribution is 5.90. The van der Waals surface area contributed by atoms with E-state index in [2.05, 4.69) is 19.6 Å². The number of hydrogen-bond donors (Lipinski definition) is 1. The van der Waals surface area contributed by atoms with Gasteiger partial charge in [-0.05, 0) is 32.1 Å². The van der Waals surface area contributed by atoms with Crippen LogP contribution in [0.3, 0.4) is 0 Å². The fraction of sp³-hybridized carbons (Fsp3) is 0.579. The molecule has 5 heteroatoms. The molecule has 0 aromatic rings. The van der Waals surface area contributed by atoms with Crippen molar-refractivity contribution in [2.24, 2.45) is 17.8 Å². The van der Waals surface area contributed by atoms with E-state index in [1.807, 2.05) is 12.2 Å². The number of rotatable bonds is 4. The molecular formula is C19H23NO4. The summed E-state index contributed by atoms with van der Waals surface area (Å²) in [6.07, 6.45) is 8.52. The van der Waals surface area contributed by atoms with Crippen molar-refractivity contribution in [1.29, 1.82) is 0 Å². The number of carboxylic acids is 1. The van der Waals surface area contributed by atoms with E-state index in [1.54, 1.807) is 4.90 Å². The summed E-state index contributed by atoms with van der Waals surface area (Å²) in [4.78, 5) is 26.2. The van der Waals surface area contributed by atoms with Crippen molar-refractivity contribution in [3.63, 3.8) is 0 Å². The van der Waals surface area contributed by atoms with Gasteiger partial charge in [0.2, 0.25) is 5.91 Å². The third kappa shape index (κ3) is 2.18. The fourth-order valence-electron chi connectivity index (χ4n) is 4.72. The Morgan fingerprint density at radius 3 is 2.96 bits per heavy atom. The zero-order chi connectivity index (χ0) is 17.1. The molecule has 1 amide bonds.